The highest BCUT2D eigenvalue weighted by Gasteiger charge is 2.17. The predicted octanol–water partition coefficient (Wildman–Crippen LogP) is 5.09. The van der Waals surface area contributed by atoms with Crippen molar-refractivity contribution >= 4 is 38.9 Å². The highest BCUT2D eigenvalue weighted by Crippen LogP contribution is 2.35. The third-order valence-corrected chi connectivity index (χ3v) is 5.11. The largest absolute Gasteiger partial charge is 0.309 e. The van der Waals surface area contributed by atoms with E-state index in [4.69, 9.17) is 11.6 Å². The highest BCUT2D eigenvalue weighted by molar-refractivity contribution is 9.10. The van der Waals surface area contributed by atoms with Crippen LogP contribution in [0.2, 0.25) is 4.34 Å². The third-order valence-electron chi connectivity index (χ3n) is 3.00. The van der Waals surface area contributed by atoms with Crippen LogP contribution in [0.5, 0.6) is 0 Å². The minimum atomic E-state index is 0.193. The summed E-state index contributed by atoms with van der Waals surface area (Å²) in [5, 5.41) is 3.37. The summed E-state index contributed by atoms with van der Waals surface area (Å²) in [5.74, 6) is 0. The van der Waals surface area contributed by atoms with Crippen LogP contribution < -0.4 is 5.32 Å². The van der Waals surface area contributed by atoms with Gasteiger partial charge in [-0.25, -0.2) is 0 Å². The van der Waals surface area contributed by atoms with Gasteiger partial charge in [0.25, 0.3) is 0 Å². The summed E-state index contributed by atoms with van der Waals surface area (Å²) in [4.78, 5) is 1.25. The molecule has 0 saturated carbocycles. The lowest BCUT2D eigenvalue weighted by Crippen LogP contribution is -2.17. The fourth-order valence-electron chi connectivity index (χ4n) is 2.00. The summed E-state index contributed by atoms with van der Waals surface area (Å²) in [6, 6.07) is 8.72. The molecule has 1 aromatic carbocycles. The molecular formula is C14H15BrClNS. The zero-order chi connectivity index (χ0) is 13.3. The van der Waals surface area contributed by atoms with Crippen LogP contribution in [0.4, 0.5) is 0 Å². The number of thiophene rings is 1. The van der Waals surface area contributed by atoms with Crippen LogP contribution in [0.15, 0.2) is 28.7 Å². The lowest BCUT2D eigenvalue weighted by Gasteiger charge is -2.18. The zero-order valence-electron chi connectivity index (χ0n) is 10.6. The maximum atomic E-state index is 6.17. The Bertz CT molecular complexity index is 545. The van der Waals surface area contributed by atoms with Crippen LogP contribution in [-0.2, 0) is 0 Å². The molecule has 1 atom stereocenters. The van der Waals surface area contributed by atoms with E-state index in [9.17, 15) is 0 Å². The van der Waals surface area contributed by atoms with E-state index < -0.39 is 0 Å². The summed E-state index contributed by atoms with van der Waals surface area (Å²) in [6.07, 6.45) is 0. The summed E-state index contributed by atoms with van der Waals surface area (Å²) in [5.41, 5.74) is 3.70. The molecule has 4 heteroatoms. The van der Waals surface area contributed by atoms with E-state index in [1.165, 1.54) is 16.0 Å². The third kappa shape index (κ3) is 2.80. The van der Waals surface area contributed by atoms with Crippen molar-refractivity contribution in [3.8, 4) is 0 Å². The number of rotatable bonds is 3. The Balaban J connectivity index is 2.48. The average Bonchev–Trinajstić information content (AvgIpc) is 2.65. The molecule has 2 aromatic rings. The van der Waals surface area contributed by atoms with Gasteiger partial charge < -0.3 is 5.32 Å². The molecule has 0 aliphatic rings. The molecule has 96 valence electrons. The minimum Gasteiger partial charge on any atom is -0.309 e. The number of aryl methyl sites for hydroxylation is 2. The van der Waals surface area contributed by atoms with Gasteiger partial charge in [-0.2, -0.15) is 0 Å². The monoisotopic (exact) mass is 343 g/mol. The van der Waals surface area contributed by atoms with Crippen molar-refractivity contribution < 1.29 is 0 Å². The van der Waals surface area contributed by atoms with E-state index >= 15 is 0 Å². The van der Waals surface area contributed by atoms with E-state index in [2.05, 4.69) is 52.4 Å². The summed E-state index contributed by atoms with van der Waals surface area (Å²) >= 11 is 11.4. The summed E-state index contributed by atoms with van der Waals surface area (Å²) < 4.78 is 1.97. The van der Waals surface area contributed by atoms with Gasteiger partial charge in [0.2, 0.25) is 0 Å². The number of nitrogens with one attached hydrogen (secondary N) is 1. The molecule has 0 aliphatic heterocycles. The molecule has 0 amide bonds. The molecule has 18 heavy (non-hydrogen) atoms. The standard InChI is InChI=1S/C14H15BrClNS/c1-8-4-5-10(15)7-11(8)13(17-3)12-6-9(2)14(16)18-12/h4-7,13,17H,1-3H3. The number of halogens is 2. The van der Waals surface area contributed by atoms with Crippen LogP contribution in [0.1, 0.15) is 27.6 Å². The van der Waals surface area contributed by atoms with Gasteiger partial charge in [0, 0.05) is 9.35 Å². The Kier molecular flexibility index (Phi) is 4.49. The van der Waals surface area contributed by atoms with Gasteiger partial charge in [-0.15, -0.1) is 11.3 Å². The fourth-order valence-corrected chi connectivity index (χ4v) is 3.73. The van der Waals surface area contributed by atoms with Gasteiger partial charge in [-0.3, -0.25) is 0 Å². The Labute approximate surface area is 125 Å². The molecule has 0 radical (unpaired) electrons. The Hall–Kier alpha value is -0.350. The van der Waals surface area contributed by atoms with Crippen molar-refractivity contribution in [2.75, 3.05) is 7.05 Å². The molecule has 0 saturated heterocycles. The quantitative estimate of drug-likeness (QED) is 0.818. The van der Waals surface area contributed by atoms with Crippen molar-refractivity contribution in [2.24, 2.45) is 0 Å². The van der Waals surface area contributed by atoms with Gasteiger partial charge in [-0.05, 0) is 55.8 Å². The topological polar surface area (TPSA) is 12.0 Å². The summed E-state index contributed by atoms with van der Waals surface area (Å²) in [7, 11) is 1.98. The van der Waals surface area contributed by atoms with Gasteiger partial charge in [-0.1, -0.05) is 33.6 Å². The van der Waals surface area contributed by atoms with Crippen LogP contribution in [-0.4, -0.2) is 7.05 Å². The Morgan fingerprint density at radius 2 is 1.94 bits per heavy atom. The number of benzene rings is 1. The van der Waals surface area contributed by atoms with Gasteiger partial charge in [0.1, 0.15) is 0 Å². The minimum absolute atomic E-state index is 0.193. The molecule has 1 heterocycles. The molecule has 0 fully saturated rings. The highest BCUT2D eigenvalue weighted by atomic mass is 79.9. The van der Waals surface area contributed by atoms with E-state index in [1.807, 2.05) is 14.0 Å². The lowest BCUT2D eigenvalue weighted by molar-refractivity contribution is 0.699. The van der Waals surface area contributed by atoms with Gasteiger partial charge in [0.15, 0.2) is 0 Å². The SMILES string of the molecule is CNC(c1cc(C)c(Cl)s1)c1cc(Br)ccc1C. The van der Waals surface area contributed by atoms with Crippen molar-refractivity contribution in [1.29, 1.82) is 0 Å². The first-order valence-corrected chi connectivity index (χ1v) is 7.71. The second-order valence-electron chi connectivity index (χ2n) is 4.33. The van der Waals surface area contributed by atoms with E-state index in [-0.39, 0.29) is 6.04 Å². The Morgan fingerprint density at radius 3 is 2.50 bits per heavy atom. The maximum Gasteiger partial charge on any atom is 0.0961 e. The molecular weight excluding hydrogens is 330 g/mol. The second-order valence-corrected chi connectivity index (χ2v) is 6.93. The molecule has 1 unspecified atom stereocenters. The Morgan fingerprint density at radius 1 is 1.22 bits per heavy atom. The predicted molar refractivity (Wildman–Crippen MR) is 83.8 cm³/mol. The lowest BCUT2D eigenvalue weighted by atomic mass is 10.00. The maximum absolute atomic E-state index is 6.17. The molecule has 1 nitrogen and oxygen atoms in total. The smallest absolute Gasteiger partial charge is 0.0961 e. The first-order valence-electron chi connectivity index (χ1n) is 5.72. The van der Waals surface area contributed by atoms with Crippen molar-refractivity contribution in [1.82, 2.24) is 5.32 Å². The van der Waals surface area contributed by atoms with Crippen LogP contribution in [0.25, 0.3) is 0 Å². The number of hydrogen-bond donors (Lipinski definition) is 1. The molecule has 2 rings (SSSR count). The normalized spacial score (nSPS) is 12.7. The first-order chi connectivity index (χ1) is 8.52. The molecule has 0 bridgehead atoms. The molecule has 0 aliphatic carbocycles. The first kappa shape index (κ1) is 14.1. The van der Waals surface area contributed by atoms with Crippen LogP contribution >= 0.6 is 38.9 Å². The van der Waals surface area contributed by atoms with Crippen molar-refractivity contribution in [2.45, 2.75) is 19.9 Å². The van der Waals surface area contributed by atoms with Crippen molar-refractivity contribution in [3.05, 3.63) is 54.6 Å². The molecule has 0 spiro atoms. The van der Waals surface area contributed by atoms with Gasteiger partial charge >= 0.3 is 0 Å². The van der Waals surface area contributed by atoms with Crippen molar-refractivity contribution in [3.63, 3.8) is 0 Å². The summed E-state index contributed by atoms with van der Waals surface area (Å²) in [6.45, 7) is 4.18. The average molecular weight is 345 g/mol. The van der Waals surface area contributed by atoms with E-state index in [1.54, 1.807) is 11.3 Å². The van der Waals surface area contributed by atoms with Crippen LogP contribution in [0, 0.1) is 13.8 Å². The zero-order valence-corrected chi connectivity index (χ0v) is 13.7. The fraction of sp³-hybridized carbons (Fsp3) is 0.286. The van der Waals surface area contributed by atoms with Crippen LogP contribution in [0.3, 0.4) is 0 Å². The van der Waals surface area contributed by atoms with E-state index in [0.717, 1.165) is 14.4 Å². The van der Waals surface area contributed by atoms with E-state index in [0.29, 0.717) is 0 Å². The second kappa shape index (κ2) is 5.74. The molecule has 1 N–H and O–H groups in total. The number of hydrogen-bond acceptors (Lipinski definition) is 2. The van der Waals surface area contributed by atoms with Gasteiger partial charge in [0.05, 0.1) is 10.4 Å². The molecule has 1 aromatic heterocycles.